The molecule has 1 amide bonds. The van der Waals surface area contributed by atoms with Gasteiger partial charge in [0.05, 0.1) is 25.2 Å². The molecule has 32 heavy (non-hydrogen) atoms. The zero-order valence-corrected chi connectivity index (χ0v) is 20.2. The molecule has 0 bridgehead atoms. The molecule has 9 nitrogen and oxygen atoms in total. The first kappa shape index (κ1) is 26.1. The molecule has 0 fully saturated rings. The van der Waals surface area contributed by atoms with Crippen LogP contribution < -0.4 is 4.74 Å². The molecule has 2 rings (SSSR count). The number of aliphatic hydroxyl groups excluding tert-OH is 1. The van der Waals surface area contributed by atoms with Crippen LogP contribution in [0.2, 0.25) is 0 Å². The standard InChI is InChI=1S/C22H34N2O7S/c1-16(2)17-14-20(22(26)23(3)4)31-21(15-17)30-13-11-24(10-12-25)32(27,28)19-8-6-18(29-5)7-9-19/h6-9,14,16-17,21,25H,10-13,15H2,1-5H3/t17-,21+/m1/s1. The molecule has 0 saturated heterocycles. The highest BCUT2D eigenvalue weighted by molar-refractivity contribution is 7.89. The van der Waals surface area contributed by atoms with Crippen molar-refractivity contribution in [1.82, 2.24) is 9.21 Å². The molecule has 0 radical (unpaired) electrons. The van der Waals surface area contributed by atoms with Crippen LogP contribution in [-0.4, -0.2) is 82.4 Å². The summed E-state index contributed by atoms with van der Waals surface area (Å²) in [5, 5.41) is 9.38. The molecule has 0 aromatic heterocycles. The van der Waals surface area contributed by atoms with E-state index >= 15 is 0 Å². The average molecular weight is 471 g/mol. The average Bonchev–Trinajstić information content (AvgIpc) is 2.77. The van der Waals surface area contributed by atoms with Gasteiger partial charge in [0, 0.05) is 33.6 Å². The zero-order valence-electron chi connectivity index (χ0n) is 19.4. The summed E-state index contributed by atoms with van der Waals surface area (Å²) >= 11 is 0. The number of sulfonamides is 1. The molecule has 1 aromatic rings. The number of aliphatic hydroxyl groups is 1. The number of methoxy groups -OCH3 is 1. The molecule has 0 aliphatic carbocycles. The van der Waals surface area contributed by atoms with Crippen molar-refractivity contribution in [3.05, 3.63) is 36.1 Å². The second-order valence-corrected chi connectivity index (χ2v) is 10.0. The van der Waals surface area contributed by atoms with E-state index in [-0.39, 0.29) is 54.7 Å². The molecular weight excluding hydrogens is 436 g/mol. The highest BCUT2D eigenvalue weighted by atomic mass is 32.2. The molecule has 0 unspecified atom stereocenters. The van der Waals surface area contributed by atoms with E-state index in [1.165, 1.54) is 28.4 Å². The molecule has 1 aliphatic rings. The maximum Gasteiger partial charge on any atom is 0.288 e. The van der Waals surface area contributed by atoms with Crippen LogP contribution in [0, 0.1) is 11.8 Å². The first-order chi connectivity index (χ1) is 15.1. The number of benzene rings is 1. The fraction of sp³-hybridized carbons (Fsp3) is 0.591. The summed E-state index contributed by atoms with van der Waals surface area (Å²) in [6.45, 7) is 3.81. The lowest BCUT2D eigenvalue weighted by Gasteiger charge is -2.32. The number of carbonyl (C=O) groups is 1. The van der Waals surface area contributed by atoms with Crippen LogP contribution in [0.15, 0.2) is 41.0 Å². The van der Waals surface area contributed by atoms with Crippen molar-refractivity contribution in [3.63, 3.8) is 0 Å². The van der Waals surface area contributed by atoms with E-state index in [0.717, 1.165) is 0 Å². The van der Waals surface area contributed by atoms with Crippen LogP contribution in [0.1, 0.15) is 20.3 Å². The SMILES string of the molecule is COc1ccc(S(=O)(=O)N(CCO)CCO[C@@H]2C[C@H](C(C)C)C=C(C(=O)N(C)C)O2)cc1. The minimum absolute atomic E-state index is 0.0296. The van der Waals surface area contributed by atoms with Crippen molar-refractivity contribution >= 4 is 15.9 Å². The number of hydrogen-bond acceptors (Lipinski definition) is 7. The molecule has 10 heteroatoms. The normalized spacial score (nSPS) is 18.9. The van der Waals surface area contributed by atoms with Gasteiger partial charge >= 0.3 is 0 Å². The minimum atomic E-state index is -3.83. The number of nitrogens with zero attached hydrogens (tertiary/aromatic N) is 2. The van der Waals surface area contributed by atoms with Gasteiger partial charge in [-0.2, -0.15) is 4.31 Å². The van der Waals surface area contributed by atoms with Crippen molar-refractivity contribution in [1.29, 1.82) is 0 Å². The third-order valence-electron chi connectivity index (χ3n) is 5.25. The number of likely N-dealkylation sites (N-methyl/N-ethyl adjacent to an activating group) is 1. The van der Waals surface area contributed by atoms with E-state index in [9.17, 15) is 18.3 Å². The van der Waals surface area contributed by atoms with Crippen LogP contribution in [0.5, 0.6) is 5.75 Å². The van der Waals surface area contributed by atoms with Crippen LogP contribution in [0.3, 0.4) is 0 Å². The fourth-order valence-corrected chi connectivity index (χ4v) is 4.68. The van der Waals surface area contributed by atoms with Gasteiger partial charge in [-0.3, -0.25) is 4.79 Å². The van der Waals surface area contributed by atoms with Gasteiger partial charge in [-0.1, -0.05) is 13.8 Å². The summed E-state index contributed by atoms with van der Waals surface area (Å²) in [4.78, 5) is 13.9. The summed E-state index contributed by atoms with van der Waals surface area (Å²) in [6, 6.07) is 6.05. The third kappa shape index (κ3) is 6.68. The lowest BCUT2D eigenvalue weighted by atomic mass is 9.90. The Hall–Kier alpha value is -2.14. The summed E-state index contributed by atoms with van der Waals surface area (Å²) in [5.41, 5.74) is 0. The van der Waals surface area contributed by atoms with Gasteiger partial charge in [-0.15, -0.1) is 0 Å². The Morgan fingerprint density at radius 1 is 1.22 bits per heavy atom. The quantitative estimate of drug-likeness (QED) is 0.525. The number of allylic oxidation sites excluding steroid dienone is 1. The third-order valence-corrected chi connectivity index (χ3v) is 7.17. The number of rotatable bonds is 11. The van der Waals surface area contributed by atoms with Gasteiger partial charge in [-0.25, -0.2) is 8.42 Å². The number of amides is 1. The van der Waals surface area contributed by atoms with Crippen molar-refractivity contribution < 1.29 is 32.5 Å². The minimum Gasteiger partial charge on any atom is -0.497 e. The molecule has 180 valence electrons. The second-order valence-electron chi connectivity index (χ2n) is 8.10. The predicted octanol–water partition coefficient (Wildman–Crippen LogP) is 1.69. The lowest BCUT2D eigenvalue weighted by Crippen LogP contribution is -2.38. The Labute approximate surface area is 190 Å². The molecule has 1 heterocycles. The number of carbonyl (C=O) groups excluding carboxylic acids is 1. The van der Waals surface area contributed by atoms with Crippen LogP contribution in [-0.2, 0) is 24.3 Å². The highest BCUT2D eigenvalue weighted by Crippen LogP contribution is 2.29. The Balaban J connectivity index is 2.06. The molecule has 0 spiro atoms. The first-order valence-electron chi connectivity index (χ1n) is 10.6. The van der Waals surface area contributed by atoms with Gasteiger partial charge in [0.15, 0.2) is 5.76 Å². The fourth-order valence-electron chi connectivity index (χ4n) is 3.27. The smallest absolute Gasteiger partial charge is 0.288 e. The molecule has 1 N–H and O–H groups in total. The van der Waals surface area contributed by atoms with Crippen molar-refractivity contribution in [3.8, 4) is 5.75 Å². The van der Waals surface area contributed by atoms with E-state index in [4.69, 9.17) is 14.2 Å². The second kappa shape index (κ2) is 11.6. The van der Waals surface area contributed by atoms with Crippen LogP contribution in [0.25, 0.3) is 0 Å². The van der Waals surface area contributed by atoms with Crippen molar-refractivity contribution in [2.75, 3.05) is 47.5 Å². The molecule has 1 aliphatic heterocycles. The van der Waals surface area contributed by atoms with E-state index in [1.54, 1.807) is 26.2 Å². The van der Waals surface area contributed by atoms with Crippen molar-refractivity contribution in [2.45, 2.75) is 31.5 Å². The Morgan fingerprint density at radius 3 is 2.41 bits per heavy atom. The van der Waals surface area contributed by atoms with E-state index in [2.05, 4.69) is 13.8 Å². The topological polar surface area (TPSA) is 106 Å². The molecule has 2 atom stereocenters. The summed E-state index contributed by atoms with van der Waals surface area (Å²) < 4.78 is 43.8. The summed E-state index contributed by atoms with van der Waals surface area (Å²) in [5.74, 6) is 0.933. The van der Waals surface area contributed by atoms with Gasteiger partial charge < -0.3 is 24.2 Å². The van der Waals surface area contributed by atoms with Gasteiger partial charge in [-0.05, 0) is 42.2 Å². The van der Waals surface area contributed by atoms with E-state index in [0.29, 0.717) is 12.2 Å². The zero-order chi connectivity index (χ0) is 23.9. The molecule has 1 aromatic carbocycles. The Bertz CT molecular complexity index is 882. The maximum absolute atomic E-state index is 13.0. The largest absolute Gasteiger partial charge is 0.497 e. The summed E-state index contributed by atoms with van der Waals surface area (Å²) in [6.07, 6.45) is 1.73. The van der Waals surface area contributed by atoms with Crippen LogP contribution >= 0.6 is 0 Å². The number of hydrogen-bond donors (Lipinski definition) is 1. The van der Waals surface area contributed by atoms with Gasteiger partial charge in [0.25, 0.3) is 5.91 Å². The molecular formula is C22H34N2O7S. The van der Waals surface area contributed by atoms with Crippen molar-refractivity contribution in [2.24, 2.45) is 11.8 Å². The predicted molar refractivity (Wildman–Crippen MR) is 119 cm³/mol. The number of ether oxygens (including phenoxy) is 3. The van der Waals surface area contributed by atoms with E-state index < -0.39 is 16.3 Å². The van der Waals surface area contributed by atoms with Gasteiger partial charge in [0.1, 0.15) is 5.75 Å². The Morgan fingerprint density at radius 2 is 1.88 bits per heavy atom. The maximum atomic E-state index is 13.0. The summed E-state index contributed by atoms with van der Waals surface area (Å²) in [7, 11) is 0.979. The first-order valence-corrected chi connectivity index (χ1v) is 12.0. The van der Waals surface area contributed by atoms with Crippen LogP contribution in [0.4, 0.5) is 0 Å². The Kier molecular flexibility index (Phi) is 9.50. The molecule has 0 saturated carbocycles. The van der Waals surface area contributed by atoms with Gasteiger partial charge in [0.2, 0.25) is 16.3 Å². The monoisotopic (exact) mass is 470 g/mol. The highest BCUT2D eigenvalue weighted by Gasteiger charge is 2.31. The lowest BCUT2D eigenvalue weighted by molar-refractivity contribution is -0.155. The van der Waals surface area contributed by atoms with E-state index in [1.807, 2.05) is 6.08 Å².